The van der Waals surface area contributed by atoms with Crippen molar-refractivity contribution in [3.05, 3.63) is 12.7 Å². The lowest BCUT2D eigenvalue weighted by Crippen LogP contribution is -2.53. The van der Waals surface area contributed by atoms with Gasteiger partial charge in [-0.05, 0) is 44.9 Å². The minimum atomic E-state index is -1.50. The monoisotopic (exact) mass is 790 g/mol. The number of aliphatic hydroxyl groups excluding tert-OH is 2. The molecule has 3 rings (SSSR count). The molecule has 6 atom stereocenters. The van der Waals surface area contributed by atoms with Gasteiger partial charge in [0.05, 0.1) is 6.33 Å². The van der Waals surface area contributed by atoms with Gasteiger partial charge in [-0.2, -0.15) is 0 Å². The highest BCUT2D eigenvalue weighted by molar-refractivity contribution is 5.91. The third kappa shape index (κ3) is 14.1. The number of aliphatic imine (C=N–C) groups is 2. The number of primary amides is 1. The number of guanidine groups is 2. The molecule has 1 aliphatic rings. The first-order valence-electron chi connectivity index (χ1n) is 18.2. The maximum absolute atomic E-state index is 13.1. The molecule has 1 fully saturated rings. The Bertz CT molecular complexity index is 1700. The summed E-state index contributed by atoms with van der Waals surface area (Å²) in [6.07, 6.45) is 0.401. The molecule has 0 radical (unpaired) electrons. The molecular formula is C32H54N16O8. The van der Waals surface area contributed by atoms with Gasteiger partial charge in [-0.15, -0.1) is 0 Å². The van der Waals surface area contributed by atoms with Gasteiger partial charge in [0.2, 0.25) is 23.6 Å². The average molecular weight is 791 g/mol. The second-order valence-corrected chi connectivity index (χ2v) is 13.0. The van der Waals surface area contributed by atoms with Gasteiger partial charge in [0.15, 0.2) is 35.7 Å². The van der Waals surface area contributed by atoms with E-state index in [-0.39, 0.29) is 86.7 Å². The van der Waals surface area contributed by atoms with E-state index in [2.05, 4.69) is 46.2 Å². The fraction of sp³-hybridized carbons (Fsp3) is 0.625. The number of nitrogens with two attached hydrogens (primary N) is 6. The summed E-state index contributed by atoms with van der Waals surface area (Å²) in [5.41, 5.74) is 33.2. The van der Waals surface area contributed by atoms with Crippen molar-refractivity contribution >= 4 is 58.4 Å². The van der Waals surface area contributed by atoms with Crippen molar-refractivity contribution in [3.8, 4) is 0 Å². The van der Waals surface area contributed by atoms with E-state index in [0.717, 1.165) is 0 Å². The molecule has 1 saturated heterocycles. The Kier molecular flexibility index (Phi) is 17.9. The van der Waals surface area contributed by atoms with E-state index in [1.165, 1.54) is 17.2 Å². The zero-order valence-corrected chi connectivity index (χ0v) is 31.0. The van der Waals surface area contributed by atoms with Crippen LogP contribution in [-0.4, -0.2) is 128 Å². The number of hydrogen-bond donors (Lipinski definition) is 12. The molecule has 3 heterocycles. The topological polar surface area (TPSA) is 408 Å². The highest BCUT2D eigenvalue weighted by atomic mass is 16.6. The number of aliphatic hydroxyl groups is 2. The normalized spacial score (nSPS) is 18.7. The van der Waals surface area contributed by atoms with E-state index in [1.54, 1.807) is 0 Å². The highest BCUT2D eigenvalue weighted by Crippen LogP contribution is 2.32. The number of ether oxygens (including phenoxy) is 1. The molecule has 0 bridgehead atoms. The summed E-state index contributed by atoms with van der Waals surface area (Å²) in [5.74, 6) is -2.73. The number of nitrogen functional groups attached to an aromatic ring is 1. The summed E-state index contributed by atoms with van der Waals surface area (Å²) in [4.78, 5) is 82.6. The van der Waals surface area contributed by atoms with Gasteiger partial charge in [-0.1, -0.05) is 6.42 Å². The van der Waals surface area contributed by atoms with Crippen molar-refractivity contribution in [3.63, 3.8) is 0 Å². The predicted octanol–water partition coefficient (Wildman–Crippen LogP) is -4.84. The summed E-state index contributed by atoms with van der Waals surface area (Å²) >= 11 is 0. The Morgan fingerprint density at radius 1 is 0.768 bits per heavy atom. The van der Waals surface area contributed by atoms with Crippen LogP contribution >= 0.6 is 0 Å². The van der Waals surface area contributed by atoms with E-state index in [0.29, 0.717) is 38.5 Å². The number of carbonyl (C=O) groups excluding carboxylic acids is 5. The second kappa shape index (κ2) is 22.5. The third-order valence-electron chi connectivity index (χ3n) is 8.64. The van der Waals surface area contributed by atoms with E-state index in [1.807, 2.05) is 0 Å². The van der Waals surface area contributed by atoms with Gasteiger partial charge in [-0.25, -0.2) is 15.0 Å². The fourth-order valence-corrected chi connectivity index (χ4v) is 5.73. The van der Waals surface area contributed by atoms with Gasteiger partial charge in [-0.3, -0.25) is 38.5 Å². The Morgan fingerprint density at radius 3 is 2.07 bits per heavy atom. The molecule has 0 aromatic carbocycles. The van der Waals surface area contributed by atoms with Gasteiger partial charge in [0.25, 0.3) is 5.91 Å². The van der Waals surface area contributed by atoms with Crippen LogP contribution in [-0.2, 0) is 28.7 Å². The molecule has 24 heteroatoms. The summed E-state index contributed by atoms with van der Waals surface area (Å²) in [7, 11) is 0. The minimum Gasteiger partial charge on any atom is -0.387 e. The molecule has 0 aliphatic carbocycles. The minimum absolute atomic E-state index is 0.00845. The van der Waals surface area contributed by atoms with Crippen molar-refractivity contribution in [2.75, 3.05) is 31.9 Å². The molecule has 2 aromatic heterocycles. The summed E-state index contributed by atoms with van der Waals surface area (Å²) in [6, 6.07) is -2.02. The highest BCUT2D eigenvalue weighted by Gasteiger charge is 2.47. The van der Waals surface area contributed by atoms with E-state index in [9.17, 15) is 34.2 Å². The van der Waals surface area contributed by atoms with Gasteiger partial charge in [0.1, 0.15) is 36.1 Å². The fourth-order valence-electron chi connectivity index (χ4n) is 5.73. The van der Waals surface area contributed by atoms with Crippen molar-refractivity contribution < 1.29 is 38.9 Å². The van der Waals surface area contributed by atoms with Crippen molar-refractivity contribution in [2.24, 2.45) is 38.7 Å². The number of rotatable bonds is 24. The molecule has 0 spiro atoms. The van der Waals surface area contributed by atoms with Crippen LogP contribution in [0.1, 0.15) is 70.4 Å². The van der Waals surface area contributed by atoms with E-state index < -0.39 is 60.3 Å². The molecule has 0 unspecified atom stereocenters. The standard InChI is InChI=1S/C32H54N16O8/c33-25-21-27(44-15-43-25)48(16-45-21)30-23(52)22(51)24(56-30)29(55)40-11-3-1-2-9-19(49)39-12-6-10-20(50)46-18(8-5-14-42-32(37)38)28(54)47-17(26(34)53)7-4-13-41-31(35)36/h15-18,22-24,30,51-52H,1-14H2,(H2,34,53)(H,39,49)(H,40,55)(H,46,50)(H,47,54)(H2,33,43,44)(H4,35,36,41)(H4,37,38,42)/t17-,18-,22+,23-,24+,30-/m1/s1. The van der Waals surface area contributed by atoms with E-state index in [4.69, 9.17) is 39.1 Å². The molecule has 0 saturated carbocycles. The van der Waals surface area contributed by atoms with Crippen molar-refractivity contribution in [1.29, 1.82) is 0 Å². The Hall–Kier alpha value is -5.88. The van der Waals surface area contributed by atoms with Crippen LogP contribution < -0.4 is 55.7 Å². The lowest BCUT2D eigenvalue weighted by molar-refractivity contribution is -0.137. The number of hydrogen-bond acceptors (Lipinski definition) is 14. The van der Waals surface area contributed by atoms with Gasteiger partial charge in [0, 0.05) is 39.0 Å². The zero-order chi connectivity index (χ0) is 41.2. The lowest BCUT2D eigenvalue weighted by Gasteiger charge is -2.22. The number of carbonyl (C=O) groups is 5. The van der Waals surface area contributed by atoms with Gasteiger partial charge >= 0.3 is 0 Å². The molecule has 5 amide bonds. The second-order valence-electron chi connectivity index (χ2n) is 13.0. The number of anilines is 1. The molecule has 310 valence electrons. The van der Waals surface area contributed by atoms with Crippen LogP contribution in [0.4, 0.5) is 5.82 Å². The molecule has 24 nitrogen and oxygen atoms in total. The number of amides is 5. The number of imidazole rings is 1. The molecular weight excluding hydrogens is 736 g/mol. The number of nitrogens with zero attached hydrogens (tertiary/aromatic N) is 6. The van der Waals surface area contributed by atoms with Crippen molar-refractivity contribution in [2.45, 2.75) is 101 Å². The Balaban J connectivity index is 1.33. The van der Waals surface area contributed by atoms with Crippen LogP contribution in [0.3, 0.4) is 0 Å². The largest absolute Gasteiger partial charge is 0.387 e. The number of aromatic nitrogens is 4. The van der Waals surface area contributed by atoms with E-state index >= 15 is 0 Å². The SMILES string of the molecule is NC(=O)[C@@H](CCCN=C(N)N)NC(=O)[C@@H](CCCN=C(N)N)NC(=O)CCCNC(=O)CCCCCNC(=O)[C@H]1O[C@@H](n2cnc3c(N)ncnc32)[C@H](O)[C@@H]1O. The predicted molar refractivity (Wildman–Crippen MR) is 202 cm³/mol. The number of nitrogens with one attached hydrogen (secondary N) is 4. The van der Waals surface area contributed by atoms with Crippen LogP contribution in [0.5, 0.6) is 0 Å². The van der Waals surface area contributed by atoms with Crippen molar-refractivity contribution in [1.82, 2.24) is 40.8 Å². The van der Waals surface area contributed by atoms with Crippen LogP contribution in [0.15, 0.2) is 22.6 Å². The average Bonchev–Trinajstić information content (AvgIpc) is 3.70. The van der Waals surface area contributed by atoms with Crippen LogP contribution in [0.25, 0.3) is 11.2 Å². The first kappa shape index (κ1) is 44.5. The summed E-state index contributed by atoms with van der Waals surface area (Å²) < 4.78 is 7.06. The first-order valence-corrected chi connectivity index (χ1v) is 18.2. The Morgan fingerprint density at radius 2 is 1.41 bits per heavy atom. The zero-order valence-electron chi connectivity index (χ0n) is 31.0. The number of fused-ring (bicyclic) bond motifs is 1. The first-order chi connectivity index (χ1) is 26.7. The Labute approximate surface area is 322 Å². The summed E-state index contributed by atoms with van der Waals surface area (Å²) in [5, 5.41) is 31.7. The number of unbranched alkanes of at least 4 members (excludes halogenated alkanes) is 2. The quantitative estimate of drug-likeness (QED) is 0.0269. The maximum Gasteiger partial charge on any atom is 0.252 e. The molecule has 1 aliphatic heterocycles. The summed E-state index contributed by atoms with van der Waals surface area (Å²) in [6.45, 7) is 0.908. The van der Waals surface area contributed by atoms with Gasteiger partial charge < -0.3 is 70.6 Å². The molecule has 56 heavy (non-hydrogen) atoms. The molecule has 18 N–H and O–H groups in total. The molecule has 2 aromatic rings. The van der Waals surface area contributed by atoms with Crippen LogP contribution in [0, 0.1) is 0 Å². The smallest absolute Gasteiger partial charge is 0.252 e. The maximum atomic E-state index is 13.1. The lowest BCUT2D eigenvalue weighted by atomic mass is 10.1. The third-order valence-corrected chi connectivity index (χ3v) is 8.64. The van der Waals surface area contributed by atoms with Crippen LogP contribution in [0.2, 0.25) is 0 Å².